The predicted octanol–water partition coefficient (Wildman–Crippen LogP) is 0.542. The van der Waals surface area contributed by atoms with Gasteiger partial charge in [-0.05, 0) is 25.2 Å². The molecule has 0 aliphatic heterocycles. The van der Waals surface area contributed by atoms with Crippen molar-refractivity contribution in [3.63, 3.8) is 0 Å². The van der Waals surface area contributed by atoms with Crippen molar-refractivity contribution in [3.8, 4) is 0 Å². The largest absolute Gasteiger partial charge is 0.453 e. The SMILES string of the molecule is CNC(=O)CC1(NC(=O)[C@@H](NC(=O)OC)C(C)C)CCC1. The number of ether oxygens (including phenoxy) is 1. The van der Waals surface area contributed by atoms with E-state index in [1.54, 1.807) is 7.05 Å². The average molecular weight is 299 g/mol. The molecule has 0 saturated heterocycles. The molecule has 1 aliphatic rings. The Hall–Kier alpha value is -1.79. The molecule has 120 valence electrons. The smallest absolute Gasteiger partial charge is 0.407 e. The number of carbonyl (C=O) groups is 3. The van der Waals surface area contributed by atoms with Crippen molar-refractivity contribution in [3.05, 3.63) is 0 Å². The number of methoxy groups -OCH3 is 1. The van der Waals surface area contributed by atoms with Gasteiger partial charge in [0.25, 0.3) is 0 Å². The maximum Gasteiger partial charge on any atom is 0.407 e. The highest BCUT2D eigenvalue weighted by atomic mass is 16.5. The van der Waals surface area contributed by atoms with Crippen LogP contribution in [0.2, 0.25) is 0 Å². The standard InChI is InChI=1S/C14H25N3O4/c1-9(2)11(16-13(20)21-4)12(19)17-14(6-5-7-14)8-10(18)15-3/h9,11H,5-8H2,1-4H3,(H,15,18)(H,16,20)(H,17,19)/t11-/m0/s1. The lowest BCUT2D eigenvalue weighted by Gasteiger charge is -2.43. The van der Waals surface area contributed by atoms with Gasteiger partial charge in [0.2, 0.25) is 11.8 Å². The third-order valence-electron chi connectivity index (χ3n) is 3.88. The zero-order chi connectivity index (χ0) is 16.0. The number of alkyl carbamates (subject to hydrolysis) is 1. The Bertz CT molecular complexity index is 405. The second-order valence-electron chi connectivity index (χ2n) is 5.83. The van der Waals surface area contributed by atoms with Gasteiger partial charge in [0, 0.05) is 19.0 Å². The van der Waals surface area contributed by atoms with Crippen LogP contribution in [0, 0.1) is 5.92 Å². The van der Waals surface area contributed by atoms with Crippen molar-refractivity contribution in [2.75, 3.05) is 14.2 Å². The molecule has 1 fully saturated rings. The van der Waals surface area contributed by atoms with Crippen LogP contribution in [0.4, 0.5) is 4.79 Å². The fourth-order valence-electron chi connectivity index (χ4n) is 2.41. The molecular weight excluding hydrogens is 274 g/mol. The lowest BCUT2D eigenvalue weighted by molar-refractivity contribution is -0.129. The zero-order valence-electron chi connectivity index (χ0n) is 13.1. The molecular formula is C14H25N3O4. The molecule has 3 N–H and O–H groups in total. The van der Waals surface area contributed by atoms with E-state index >= 15 is 0 Å². The zero-order valence-corrected chi connectivity index (χ0v) is 13.1. The van der Waals surface area contributed by atoms with Crippen LogP contribution in [0.3, 0.4) is 0 Å². The fraction of sp³-hybridized carbons (Fsp3) is 0.786. The minimum Gasteiger partial charge on any atom is -0.453 e. The normalized spacial score (nSPS) is 17.4. The molecule has 0 radical (unpaired) electrons. The number of rotatable bonds is 6. The van der Waals surface area contributed by atoms with E-state index < -0.39 is 17.7 Å². The van der Waals surface area contributed by atoms with E-state index in [4.69, 9.17) is 0 Å². The van der Waals surface area contributed by atoms with Crippen LogP contribution in [-0.2, 0) is 14.3 Å². The summed E-state index contributed by atoms with van der Waals surface area (Å²) in [6.45, 7) is 3.68. The van der Waals surface area contributed by atoms with Gasteiger partial charge in [0.15, 0.2) is 0 Å². The maximum atomic E-state index is 12.4. The van der Waals surface area contributed by atoms with Crippen LogP contribution in [0.5, 0.6) is 0 Å². The lowest BCUT2D eigenvalue weighted by Crippen LogP contribution is -2.61. The predicted molar refractivity (Wildman–Crippen MR) is 77.6 cm³/mol. The van der Waals surface area contributed by atoms with Gasteiger partial charge < -0.3 is 20.7 Å². The molecule has 1 rings (SSSR count). The topological polar surface area (TPSA) is 96.5 Å². The second-order valence-corrected chi connectivity index (χ2v) is 5.83. The highest BCUT2D eigenvalue weighted by Gasteiger charge is 2.41. The molecule has 0 bridgehead atoms. The van der Waals surface area contributed by atoms with Gasteiger partial charge in [-0.15, -0.1) is 0 Å². The van der Waals surface area contributed by atoms with Crippen molar-refractivity contribution in [1.82, 2.24) is 16.0 Å². The minimum atomic E-state index is -0.681. The molecule has 0 heterocycles. The van der Waals surface area contributed by atoms with E-state index in [-0.39, 0.29) is 24.2 Å². The Kier molecular flexibility index (Phi) is 5.99. The van der Waals surface area contributed by atoms with E-state index in [9.17, 15) is 14.4 Å². The summed E-state index contributed by atoms with van der Waals surface area (Å²) in [7, 11) is 2.83. The number of hydrogen-bond donors (Lipinski definition) is 3. The first-order valence-electron chi connectivity index (χ1n) is 7.20. The highest BCUT2D eigenvalue weighted by Crippen LogP contribution is 2.35. The van der Waals surface area contributed by atoms with E-state index in [1.807, 2.05) is 13.8 Å². The van der Waals surface area contributed by atoms with Crippen LogP contribution in [0.15, 0.2) is 0 Å². The molecule has 1 atom stereocenters. The Morgan fingerprint density at radius 1 is 1.24 bits per heavy atom. The van der Waals surface area contributed by atoms with E-state index in [2.05, 4.69) is 20.7 Å². The van der Waals surface area contributed by atoms with Gasteiger partial charge in [0.1, 0.15) is 6.04 Å². The first kappa shape index (κ1) is 17.3. The van der Waals surface area contributed by atoms with Crippen LogP contribution in [-0.4, -0.2) is 43.6 Å². The summed E-state index contributed by atoms with van der Waals surface area (Å²) >= 11 is 0. The Labute approximate surface area is 125 Å². The molecule has 7 nitrogen and oxygen atoms in total. The van der Waals surface area contributed by atoms with Gasteiger partial charge in [-0.3, -0.25) is 9.59 Å². The maximum absolute atomic E-state index is 12.4. The molecule has 1 aliphatic carbocycles. The fourth-order valence-corrected chi connectivity index (χ4v) is 2.41. The number of carbonyl (C=O) groups excluding carboxylic acids is 3. The average Bonchev–Trinajstić information content (AvgIpc) is 2.40. The molecule has 0 unspecified atom stereocenters. The second kappa shape index (κ2) is 7.28. The number of nitrogens with one attached hydrogen (secondary N) is 3. The highest BCUT2D eigenvalue weighted by molar-refractivity contribution is 5.87. The third-order valence-corrected chi connectivity index (χ3v) is 3.88. The van der Waals surface area contributed by atoms with Crippen LogP contribution in [0.25, 0.3) is 0 Å². The Morgan fingerprint density at radius 2 is 1.86 bits per heavy atom. The van der Waals surface area contributed by atoms with Gasteiger partial charge in [0.05, 0.1) is 7.11 Å². The van der Waals surface area contributed by atoms with Gasteiger partial charge in [-0.1, -0.05) is 13.8 Å². The molecule has 0 spiro atoms. The molecule has 3 amide bonds. The monoisotopic (exact) mass is 299 g/mol. The van der Waals surface area contributed by atoms with Crippen molar-refractivity contribution >= 4 is 17.9 Å². The molecule has 0 aromatic rings. The summed E-state index contributed by atoms with van der Waals surface area (Å²) in [6, 6.07) is -0.681. The minimum absolute atomic E-state index is 0.0822. The summed E-state index contributed by atoms with van der Waals surface area (Å²) < 4.78 is 4.54. The lowest BCUT2D eigenvalue weighted by atomic mass is 9.74. The summed E-state index contributed by atoms with van der Waals surface area (Å²) in [5.41, 5.74) is -0.484. The molecule has 7 heteroatoms. The van der Waals surface area contributed by atoms with Crippen molar-refractivity contribution in [2.45, 2.75) is 51.1 Å². The van der Waals surface area contributed by atoms with Gasteiger partial charge in [-0.2, -0.15) is 0 Å². The van der Waals surface area contributed by atoms with Crippen molar-refractivity contribution in [1.29, 1.82) is 0 Å². The Morgan fingerprint density at radius 3 is 2.24 bits per heavy atom. The molecule has 1 saturated carbocycles. The number of amides is 3. The first-order chi connectivity index (χ1) is 9.83. The van der Waals surface area contributed by atoms with Gasteiger partial charge in [-0.25, -0.2) is 4.79 Å². The summed E-state index contributed by atoms with van der Waals surface area (Å²) in [6.07, 6.45) is 2.15. The summed E-state index contributed by atoms with van der Waals surface area (Å²) in [5.74, 6) is -0.461. The van der Waals surface area contributed by atoms with Gasteiger partial charge >= 0.3 is 6.09 Å². The van der Waals surface area contributed by atoms with E-state index in [0.717, 1.165) is 19.3 Å². The van der Waals surface area contributed by atoms with Crippen molar-refractivity contribution < 1.29 is 19.1 Å². The van der Waals surface area contributed by atoms with Crippen LogP contribution >= 0.6 is 0 Å². The summed E-state index contributed by atoms with van der Waals surface area (Å²) in [5, 5.41) is 8.04. The third kappa shape index (κ3) is 4.61. The quantitative estimate of drug-likeness (QED) is 0.667. The van der Waals surface area contributed by atoms with Crippen LogP contribution in [0.1, 0.15) is 39.5 Å². The molecule has 21 heavy (non-hydrogen) atoms. The molecule has 0 aromatic carbocycles. The van der Waals surface area contributed by atoms with E-state index in [1.165, 1.54) is 7.11 Å². The molecule has 0 aromatic heterocycles. The summed E-state index contributed by atoms with van der Waals surface area (Å²) in [4.78, 5) is 35.3. The van der Waals surface area contributed by atoms with E-state index in [0.29, 0.717) is 0 Å². The number of hydrogen-bond acceptors (Lipinski definition) is 4. The van der Waals surface area contributed by atoms with Crippen molar-refractivity contribution in [2.24, 2.45) is 5.92 Å². The first-order valence-corrected chi connectivity index (χ1v) is 7.20. The van der Waals surface area contributed by atoms with Crippen LogP contribution < -0.4 is 16.0 Å². The Balaban J connectivity index is 2.70.